The molecule has 0 fully saturated rings. The van der Waals surface area contributed by atoms with Crippen LogP contribution >= 0.6 is 15.9 Å². The van der Waals surface area contributed by atoms with Gasteiger partial charge in [0, 0.05) is 10.2 Å². The van der Waals surface area contributed by atoms with Gasteiger partial charge in [0.1, 0.15) is 5.75 Å². The zero-order valence-corrected chi connectivity index (χ0v) is 12.8. The van der Waals surface area contributed by atoms with Crippen molar-refractivity contribution < 1.29 is 14.6 Å². The van der Waals surface area contributed by atoms with Gasteiger partial charge in [-0.1, -0.05) is 12.1 Å². The summed E-state index contributed by atoms with van der Waals surface area (Å²) < 4.78 is 6.09. The third-order valence-electron chi connectivity index (χ3n) is 2.72. The summed E-state index contributed by atoms with van der Waals surface area (Å²) in [5.74, 6) is 0.253. The van der Waals surface area contributed by atoms with Gasteiger partial charge in [0.15, 0.2) is 6.61 Å². The molecular formula is C15H15BrN2O3. The molecule has 0 aliphatic heterocycles. The van der Waals surface area contributed by atoms with Gasteiger partial charge in [-0.2, -0.15) is 0 Å². The Labute approximate surface area is 130 Å². The van der Waals surface area contributed by atoms with Gasteiger partial charge in [0.25, 0.3) is 5.91 Å². The molecule has 0 radical (unpaired) electrons. The van der Waals surface area contributed by atoms with Gasteiger partial charge in [0.05, 0.1) is 12.3 Å². The maximum Gasteiger partial charge on any atom is 0.262 e. The van der Waals surface area contributed by atoms with Crippen LogP contribution in [-0.2, 0) is 11.4 Å². The number of nitrogens with two attached hydrogens (primary N) is 1. The minimum atomic E-state index is -0.283. The van der Waals surface area contributed by atoms with Crippen molar-refractivity contribution in [2.24, 2.45) is 0 Å². The molecule has 0 saturated carbocycles. The first-order valence-electron chi connectivity index (χ1n) is 6.26. The zero-order chi connectivity index (χ0) is 15.2. The molecule has 0 aromatic heterocycles. The zero-order valence-electron chi connectivity index (χ0n) is 11.2. The minimum Gasteiger partial charge on any atom is -0.484 e. The van der Waals surface area contributed by atoms with Gasteiger partial charge in [-0.05, 0) is 51.8 Å². The molecule has 0 aliphatic carbocycles. The number of carbonyl (C=O) groups excluding carboxylic acids is 1. The van der Waals surface area contributed by atoms with Crippen LogP contribution in [0.15, 0.2) is 46.9 Å². The van der Waals surface area contributed by atoms with E-state index in [1.165, 1.54) is 0 Å². The predicted octanol–water partition coefficient (Wildman–Crippen LogP) is 2.54. The molecule has 0 spiro atoms. The van der Waals surface area contributed by atoms with Crippen LogP contribution in [0.3, 0.4) is 0 Å². The van der Waals surface area contributed by atoms with Crippen LogP contribution in [0.1, 0.15) is 5.56 Å². The van der Waals surface area contributed by atoms with E-state index in [-0.39, 0.29) is 19.1 Å². The lowest BCUT2D eigenvalue weighted by molar-refractivity contribution is -0.118. The molecule has 0 saturated heterocycles. The third-order valence-corrected chi connectivity index (χ3v) is 3.37. The fraction of sp³-hybridized carbons (Fsp3) is 0.133. The number of carbonyl (C=O) groups is 1. The first-order chi connectivity index (χ1) is 10.1. The van der Waals surface area contributed by atoms with E-state index in [0.717, 1.165) is 5.56 Å². The molecule has 6 heteroatoms. The average molecular weight is 351 g/mol. The fourth-order valence-electron chi connectivity index (χ4n) is 1.70. The molecule has 0 unspecified atom stereocenters. The van der Waals surface area contributed by atoms with Gasteiger partial charge in [-0.3, -0.25) is 4.79 Å². The third kappa shape index (κ3) is 4.47. The number of aliphatic hydroxyl groups excluding tert-OH is 1. The second kappa shape index (κ2) is 7.10. The van der Waals surface area contributed by atoms with Crippen molar-refractivity contribution in [3.63, 3.8) is 0 Å². The second-order valence-corrected chi connectivity index (χ2v) is 5.24. The van der Waals surface area contributed by atoms with Crippen molar-refractivity contribution >= 4 is 33.2 Å². The van der Waals surface area contributed by atoms with E-state index in [9.17, 15) is 4.79 Å². The number of benzene rings is 2. The molecule has 5 nitrogen and oxygen atoms in total. The van der Waals surface area contributed by atoms with Crippen LogP contribution in [0, 0.1) is 0 Å². The summed E-state index contributed by atoms with van der Waals surface area (Å²) in [7, 11) is 0. The summed E-state index contributed by atoms with van der Waals surface area (Å²) in [5.41, 5.74) is 7.60. The Morgan fingerprint density at radius 2 is 2.10 bits per heavy atom. The maximum absolute atomic E-state index is 11.8. The number of hydrogen-bond donors (Lipinski definition) is 3. The predicted molar refractivity (Wildman–Crippen MR) is 85.0 cm³/mol. The topological polar surface area (TPSA) is 84.6 Å². The van der Waals surface area contributed by atoms with Crippen molar-refractivity contribution in [1.82, 2.24) is 0 Å². The monoisotopic (exact) mass is 350 g/mol. The fourth-order valence-corrected chi connectivity index (χ4v) is 2.20. The molecule has 0 atom stereocenters. The van der Waals surface area contributed by atoms with Gasteiger partial charge in [-0.25, -0.2) is 0 Å². The van der Waals surface area contributed by atoms with Crippen LogP contribution in [0.25, 0.3) is 0 Å². The van der Waals surface area contributed by atoms with E-state index < -0.39 is 0 Å². The molecule has 1 amide bonds. The van der Waals surface area contributed by atoms with Crippen LogP contribution in [0.5, 0.6) is 5.75 Å². The number of anilines is 2. The van der Waals surface area contributed by atoms with Crippen molar-refractivity contribution in [3.8, 4) is 5.75 Å². The number of hydrogen-bond acceptors (Lipinski definition) is 4. The number of rotatable bonds is 5. The highest BCUT2D eigenvalue weighted by molar-refractivity contribution is 9.10. The summed E-state index contributed by atoms with van der Waals surface area (Å²) >= 11 is 3.33. The van der Waals surface area contributed by atoms with E-state index in [4.69, 9.17) is 15.6 Å². The molecule has 0 aliphatic rings. The summed E-state index contributed by atoms with van der Waals surface area (Å²) in [5, 5.41) is 11.8. The van der Waals surface area contributed by atoms with Gasteiger partial charge >= 0.3 is 0 Å². The van der Waals surface area contributed by atoms with Gasteiger partial charge < -0.3 is 20.9 Å². The summed E-state index contributed by atoms with van der Waals surface area (Å²) in [6.45, 7) is -0.187. The number of nitrogens with one attached hydrogen (secondary N) is 1. The first-order valence-corrected chi connectivity index (χ1v) is 7.05. The highest BCUT2D eigenvalue weighted by Crippen LogP contribution is 2.24. The second-order valence-electron chi connectivity index (χ2n) is 4.38. The maximum atomic E-state index is 11.8. The van der Waals surface area contributed by atoms with Crippen LogP contribution in [0.2, 0.25) is 0 Å². The van der Waals surface area contributed by atoms with Crippen molar-refractivity contribution in [2.75, 3.05) is 17.7 Å². The SMILES string of the molecule is Nc1ccc(NC(=O)COc2cccc(CO)c2)c(Br)c1. The summed E-state index contributed by atoms with van der Waals surface area (Å²) in [4.78, 5) is 11.8. The Morgan fingerprint density at radius 1 is 1.29 bits per heavy atom. The molecule has 110 valence electrons. The normalized spacial score (nSPS) is 10.2. The molecule has 4 N–H and O–H groups in total. The number of ether oxygens (including phenoxy) is 1. The molecule has 2 aromatic rings. The smallest absolute Gasteiger partial charge is 0.262 e. The van der Waals surface area contributed by atoms with Crippen LogP contribution in [-0.4, -0.2) is 17.6 Å². The van der Waals surface area contributed by atoms with E-state index >= 15 is 0 Å². The Bertz CT molecular complexity index is 647. The van der Waals surface area contributed by atoms with Crippen molar-refractivity contribution in [3.05, 3.63) is 52.5 Å². The molecule has 21 heavy (non-hydrogen) atoms. The van der Waals surface area contributed by atoms with Crippen molar-refractivity contribution in [2.45, 2.75) is 6.61 Å². The molecule has 0 heterocycles. The summed E-state index contributed by atoms with van der Waals surface area (Å²) in [6.07, 6.45) is 0. The van der Waals surface area contributed by atoms with E-state index in [1.54, 1.807) is 42.5 Å². The number of nitrogen functional groups attached to an aromatic ring is 1. The standard InChI is InChI=1S/C15H15BrN2O3/c16-13-7-11(17)4-5-14(13)18-15(20)9-21-12-3-1-2-10(6-12)8-19/h1-7,19H,8-9,17H2,(H,18,20). The number of amides is 1. The number of aliphatic hydroxyl groups is 1. The van der Waals surface area contributed by atoms with E-state index in [1.807, 2.05) is 0 Å². The lowest BCUT2D eigenvalue weighted by Crippen LogP contribution is -2.20. The Morgan fingerprint density at radius 3 is 2.81 bits per heavy atom. The Kier molecular flexibility index (Phi) is 5.19. The number of halogens is 1. The molecule has 2 aromatic carbocycles. The van der Waals surface area contributed by atoms with Gasteiger partial charge in [0.2, 0.25) is 0 Å². The van der Waals surface area contributed by atoms with Gasteiger partial charge in [-0.15, -0.1) is 0 Å². The van der Waals surface area contributed by atoms with Crippen LogP contribution < -0.4 is 15.8 Å². The van der Waals surface area contributed by atoms with E-state index in [2.05, 4.69) is 21.2 Å². The average Bonchev–Trinajstić information content (AvgIpc) is 2.48. The quantitative estimate of drug-likeness (QED) is 0.723. The Hall–Kier alpha value is -2.05. The van der Waals surface area contributed by atoms with Crippen molar-refractivity contribution in [1.29, 1.82) is 0 Å². The largest absolute Gasteiger partial charge is 0.484 e. The first kappa shape index (κ1) is 15.3. The highest BCUT2D eigenvalue weighted by atomic mass is 79.9. The molecule has 0 bridgehead atoms. The lowest BCUT2D eigenvalue weighted by atomic mass is 10.2. The summed E-state index contributed by atoms with van der Waals surface area (Å²) in [6, 6.07) is 12.1. The van der Waals surface area contributed by atoms with E-state index in [0.29, 0.717) is 21.6 Å². The Balaban J connectivity index is 1.92. The molecular weight excluding hydrogens is 336 g/mol. The highest BCUT2D eigenvalue weighted by Gasteiger charge is 2.07. The minimum absolute atomic E-state index is 0.0677. The molecule has 2 rings (SSSR count). The lowest BCUT2D eigenvalue weighted by Gasteiger charge is -2.10. The van der Waals surface area contributed by atoms with Crippen LogP contribution in [0.4, 0.5) is 11.4 Å².